The lowest BCUT2D eigenvalue weighted by molar-refractivity contribution is -0.142. The number of carboxylic acids is 1. The Balaban J connectivity index is 3.62. The highest BCUT2D eigenvalue weighted by Crippen LogP contribution is 2.14. The lowest BCUT2D eigenvalue weighted by Gasteiger charge is -2.14. The summed E-state index contributed by atoms with van der Waals surface area (Å²) in [6, 6.07) is -1.12. The number of amides is 5. The van der Waals surface area contributed by atoms with E-state index >= 15 is 0 Å². The smallest absolute Gasteiger partial charge is 0.326 e. The van der Waals surface area contributed by atoms with E-state index in [1.54, 1.807) is 0 Å². The van der Waals surface area contributed by atoms with Crippen molar-refractivity contribution in [1.82, 2.24) is 21.3 Å². The second kappa shape index (κ2) is 42.7. The number of aliphatic carboxylic acids is 1. The van der Waals surface area contributed by atoms with Crippen molar-refractivity contribution in [3.8, 4) is 0 Å². The van der Waals surface area contributed by atoms with Gasteiger partial charge in [0.05, 0.1) is 59.5 Å². The molecule has 18 nitrogen and oxygen atoms in total. The van der Waals surface area contributed by atoms with Crippen molar-refractivity contribution in [2.45, 2.75) is 129 Å². The Morgan fingerprint density at radius 1 is 0.458 bits per heavy atom. The molecule has 0 aliphatic heterocycles. The Bertz CT molecular complexity index is 1090. The number of rotatable bonds is 45. The predicted molar refractivity (Wildman–Crippen MR) is 221 cm³/mol. The van der Waals surface area contributed by atoms with Crippen LogP contribution in [0.3, 0.4) is 0 Å². The third-order valence-electron chi connectivity index (χ3n) is 8.83. The lowest BCUT2D eigenvalue weighted by atomic mass is 10.0. The number of ether oxygens (including phenoxy) is 6. The summed E-state index contributed by atoms with van der Waals surface area (Å²) in [5, 5.41) is 20.0. The van der Waals surface area contributed by atoms with Gasteiger partial charge in [-0.3, -0.25) is 24.0 Å². The van der Waals surface area contributed by atoms with Gasteiger partial charge in [0.25, 0.3) is 0 Å². The van der Waals surface area contributed by atoms with Crippen LogP contribution in [-0.2, 0) is 57.2 Å². The molecule has 0 aromatic rings. The molecule has 0 rings (SSSR count). The van der Waals surface area contributed by atoms with Crippen molar-refractivity contribution in [2.24, 2.45) is 5.73 Å². The van der Waals surface area contributed by atoms with Gasteiger partial charge in [0, 0.05) is 32.5 Å². The maximum Gasteiger partial charge on any atom is 0.326 e. The number of hydrogen-bond donors (Lipinski definition) is 6. The summed E-state index contributed by atoms with van der Waals surface area (Å²) >= 11 is 0. The van der Waals surface area contributed by atoms with Crippen molar-refractivity contribution in [1.29, 1.82) is 0 Å². The van der Waals surface area contributed by atoms with Gasteiger partial charge in [-0.05, 0) is 12.8 Å². The fourth-order valence-electron chi connectivity index (χ4n) is 5.60. The molecule has 59 heavy (non-hydrogen) atoms. The van der Waals surface area contributed by atoms with Crippen molar-refractivity contribution < 1.29 is 62.3 Å². The molecule has 0 saturated heterocycles. The maximum atomic E-state index is 12.3. The summed E-state index contributed by atoms with van der Waals surface area (Å²) in [7, 11) is 0. The predicted octanol–water partition coefficient (Wildman–Crippen LogP) is 2.53. The van der Waals surface area contributed by atoms with Crippen LogP contribution in [0.4, 0.5) is 0 Å². The van der Waals surface area contributed by atoms with Gasteiger partial charge in [0.1, 0.15) is 25.9 Å². The largest absolute Gasteiger partial charge is 0.480 e. The normalized spacial score (nSPS) is 11.5. The first-order chi connectivity index (χ1) is 28.6. The number of nitrogens with two attached hydrogens (primary N) is 1. The zero-order chi connectivity index (χ0) is 43.4. The minimum atomic E-state index is -1.17. The number of carbonyl (C=O) groups is 6. The van der Waals surface area contributed by atoms with Crippen LogP contribution in [0.2, 0.25) is 0 Å². The van der Waals surface area contributed by atoms with Crippen LogP contribution < -0.4 is 27.0 Å². The number of unbranched alkanes of at least 4 members (excludes halogenated alkanes) is 14. The number of carbonyl (C=O) groups excluding carboxylic acids is 5. The zero-order valence-electron chi connectivity index (χ0n) is 35.8. The van der Waals surface area contributed by atoms with E-state index < -0.39 is 17.9 Å². The minimum Gasteiger partial charge on any atom is -0.480 e. The average Bonchev–Trinajstić information content (AvgIpc) is 3.20. The van der Waals surface area contributed by atoms with Crippen molar-refractivity contribution in [3.05, 3.63) is 0 Å². The monoisotopic (exact) mass is 848 g/mol. The van der Waals surface area contributed by atoms with E-state index in [4.69, 9.17) is 34.2 Å². The molecule has 0 heterocycles. The van der Waals surface area contributed by atoms with Gasteiger partial charge in [-0.2, -0.15) is 0 Å². The standard InChI is InChI=1S/C41H77N5O13/c1-2-3-4-5-6-7-8-9-10-11-12-13-14-15-16-17-38(49)46-35(41(52)53)18-19-37(48)43-20-23-54-27-30-58-33-40(51)45-22-25-56-28-31-59-34-39(50)44-21-24-55-26-29-57-32-36(42)47/h35H,2-34H2,1H3,(H2,42,47)(H,43,48)(H,44,50)(H,45,51)(H,46,49)(H,52,53)/t35-/m0/s1. The first-order valence-electron chi connectivity index (χ1n) is 21.7. The summed E-state index contributed by atoms with van der Waals surface area (Å²) in [6.45, 7) is 4.64. The van der Waals surface area contributed by atoms with E-state index in [1.807, 2.05) is 0 Å². The molecule has 0 aromatic heterocycles. The van der Waals surface area contributed by atoms with E-state index in [9.17, 15) is 33.9 Å². The molecular weight excluding hydrogens is 770 g/mol. The summed E-state index contributed by atoms with van der Waals surface area (Å²) in [5.41, 5.74) is 4.94. The lowest BCUT2D eigenvalue weighted by Crippen LogP contribution is -2.41. The van der Waals surface area contributed by atoms with Gasteiger partial charge < -0.3 is 60.5 Å². The van der Waals surface area contributed by atoms with Crippen LogP contribution in [0.25, 0.3) is 0 Å². The highest BCUT2D eigenvalue weighted by atomic mass is 16.5. The van der Waals surface area contributed by atoms with E-state index in [1.165, 1.54) is 70.6 Å². The van der Waals surface area contributed by atoms with Crippen molar-refractivity contribution in [2.75, 3.05) is 98.9 Å². The molecule has 344 valence electrons. The van der Waals surface area contributed by atoms with Crippen LogP contribution in [0.5, 0.6) is 0 Å². The second-order valence-electron chi connectivity index (χ2n) is 14.2. The molecule has 0 aliphatic rings. The molecule has 7 N–H and O–H groups in total. The van der Waals surface area contributed by atoms with Gasteiger partial charge in [0.15, 0.2) is 0 Å². The molecule has 1 atom stereocenters. The fourth-order valence-corrected chi connectivity index (χ4v) is 5.60. The molecule has 0 bridgehead atoms. The zero-order valence-corrected chi connectivity index (χ0v) is 35.8. The minimum absolute atomic E-state index is 0.0111. The van der Waals surface area contributed by atoms with Crippen LogP contribution in [0.15, 0.2) is 0 Å². The Morgan fingerprint density at radius 3 is 1.24 bits per heavy atom. The highest BCUT2D eigenvalue weighted by molar-refractivity contribution is 5.84. The molecule has 5 amide bonds. The molecular formula is C41H77N5O13. The molecule has 0 unspecified atom stereocenters. The highest BCUT2D eigenvalue weighted by Gasteiger charge is 2.20. The maximum absolute atomic E-state index is 12.3. The number of hydrogen-bond acceptors (Lipinski definition) is 12. The number of nitrogens with one attached hydrogen (secondary N) is 4. The molecule has 0 spiro atoms. The Hall–Kier alpha value is -3.42. The summed E-state index contributed by atoms with van der Waals surface area (Å²) in [5.74, 6) is -2.99. The van der Waals surface area contributed by atoms with Gasteiger partial charge in [-0.1, -0.05) is 96.8 Å². The van der Waals surface area contributed by atoms with Crippen molar-refractivity contribution in [3.63, 3.8) is 0 Å². The summed E-state index contributed by atoms with van der Waals surface area (Å²) in [6.07, 6.45) is 18.7. The van der Waals surface area contributed by atoms with Gasteiger partial charge in [0.2, 0.25) is 29.5 Å². The average molecular weight is 848 g/mol. The summed E-state index contributed by atoms with van der Waals surface area (Å²) < 4.78 is 31.4. The fraction of sp³-hybridized carbons (Fsp3) is 0.854. The Morgan fingerprint density at radius 2 is 0.831 bits per heavy atom. The molecule has 0 aromatic carbocycles. The third-order valence-corrected chi connectivity index (χ3v) is 8.83. The van der Waals surface area contributed by atoms with E-state index in [-0.39, 0.29) is 135 Å². The molecule has 0 radical (unpaired) electrons. The van der Waals surface area contributed by atoms with Crippen LogP contribution >= 0.6 is 0 Å². The topological polar surface area (TPSA) is 252 Å². The second-order valence-corrected chi connectivity index (χ2v) is 14.2. The quantitative estimate of drug-likeness (QED) is 0.0483. The Labute approximate surface area is 351 Å². The third kappa shape index (κ3) is 42.5. The first-order valence-corrected chi connectivity index (χ1v) is 21.7. The van der Waals surface area contributed by atoms with Gasteiger partial charge in [-0.15, -0.1) is 0 Å². The van der Waals surface area contributed by atoms with Crippen LogP contribution in [0.1, 0.15) is 122 Å². The summed E-state index contributed by atoms with van der Waals surface area (Å²) in [4.78, 5) is 70.3. The number of primary amides is 1. The van der Waals surface area contributed by atoms with E-state index in [0.29, 0.717) is 6.54 Å². The van der Waals surface area contributed by atoms with Gasteiger partial charge in [-0.25, -0.2) is 4.79 Å². The van der Waals surface area contributed by atoms with Crippen LogP contribution in [-0.4, -0.2) is 146 Å². The number of carboxylic acid groups (broad SMARTS) is 1. The molecule has 0 aliphatic carbocycles. The SMILES string of the molecule is CCCCCCCCCCCCCCCCCC(=O)N[C@@H](CCC(=O)NCCOCCOCC(=O)NCCOCCOCC(=O)NCCOCCOCC(N)=O)C(=O)O. The van der Waals surface area contributed by atoms with Crippen LogP contribution in [0, 0.1) is 0 Å². The van der Waals surface area contributed by atoms with E-state index in [2.05, 4.69) is 28.2 Å². The van der Waals surface area contributed by atoms with E-state index in [0.717, 1.165) is 25.7 Å². The molecule has 0 saturated carbocycles. The molecule has 18 heteroatoms. The van der Waals surface area contributed by atoms with Gasteiger partial charge >= 0.3 is 5.97 Å². The Kier molecular flexibility index (Phi) is 40.2. The molecule has 0 fully saturated rings. The first kappa shape index (κ1) is 55.6. The van der Waals surface area contributed by atoms with Crippen molar-refractivity contribution >= 4 is 35.5 Å².